The SMILES string of the molecule is CC(C)(C)OC(=O)N1CCC(Sc2ccc(N3CCN4CCCC4C3)cc2Cl)C1. The van der Waals surface area contributed by atoms with Gasteiger partial charge in [0, 0.05) is 54.6 Å². The number of nitrogens with zero attached hydrogens (tertiary/aromatic N) is 3. The number of hydrogen-bond acceptors (Lipinski definition) is 5. The fourth-order valence-corrected chi connectivity index (χ4v) is 5.97. The van der Waals surface area contributed by atoms with Crippen molar-refractivity contribution in [3.05, 3.63) is 23.2 Å². The van der Waals surface area contributed by atoms with Crippen molar-refractivity contribution in [1.29, 1.82) is 0 Å². The van der Waals surface area contributed by atoms with Crippen molar-refractivity contribution < 1.29 is 9.53 Å². The molecule has 3 heterocycles. The summed E-state index contributed by atoms with van der Waals surface area (Å²) < 4.78 is 5.50. The Labute approximate surface area is 183 Å². The van der Waals surface area contributed by atoms with Gasteiger partial charge in [0.1, 0.15) is 5.60 Å². The average Bonchev–Trinajstić information content (AvgIpc) is 3.30. The molecule has 3 aliphatic heterocycles. The maximum Gasteiger partial charge on any atom is 0.410 e. The summed E-state index contributed by atoms with van der Waals surface area (Å²) in [4.78, 5) is 20.3. The topological polar surface area (TPSA) is 36.0 Å². The first-order chi connectivity index (χ1) is 13.8. The maximum absolute atomic E-state index is 12.3. The molecule has 3 aliphatic rings. The second-order valence-corrected chi connectivity index (χ2v) is 11.1. The Kier molecular flexibility index (Phi) is 6.24. The van der Waals surface area contributed by atoms with Crippen LogP contribution in [-0.4, -0.2) is 72.1 Å². The molecule has 3 fully saturated rings. The minimum absolute atomic E-state index is 0.215. The Bertz CT molecular complexity index is 754. The molecule has 4 rings (SSSR count). The fourth-order valence-electron chi connectivity index (χ4n) is 4.50. The Hall–Kier alpha value is -1.11. The van der Waals surface area contributed by atoms with Crippen LogP contribution < -0.4 is 4.90 Å². The predicted octanol–water partition coefficient (Wildman–Crippen LogP) is 4.73. The molecule has 0 bridgehead atoms. The zero-order chi connectivity index (χ0) is 20.6. The largest absolute Gasteiger partial charge is 0.444 e. The number of benzene rings is 1. The van der Waals surface area contributed by atoms with Crippen LogP contribution in [0.25, 0.3) is 0 Å². The van der Waals surface area contributed by atoms with Crippen LogP contribution in [0.1, 0.15) is 40.0 Å². The van der Waals surface area contributed by atoms with Gasteiger partial charge in [0.25, 0.3) is 0 Å². The molecule has 0 radical (unpaired) electrons. The van der Waals surface area contributed by atoms with Gasteiger partial charge in [0.15, 0.2) is 0 Å². The number of halogens is 1. The second kappa shape index (κ2) is 8.56. The Balaban J connectivity index is 1.34. The highest BCUT2D eigenvalue weighted by molar-refractivity contribution is 8.00. The van der Waals surface area contributed by atoms with E-state index in [9.17, 15) is 4.79 Å². The number of likely N-dealkylation sites (tertiary alicyclic amines) is 1. The van der Waals surface area contributed by atoms with Gasteiger partial charge in [-0.1, -0.05) is 11.6 Å². The highest BCUT2D eigenvalue weighted by atomic mass is 35.5. The van der Waals surface area contributed by atoms with Crippen LogP contribution in [0, 0.1) is 0 Å². The van der Waals surface area contributed by atoms with E-state index >= 15 is 0 Å². The number of anilines is 1. The van der Waals surface area contributed by atoms with Gasteiger partial charge in [-0.3, -0.25) is 4.90 Å². The summed E-state index contributed by atoms with van der Waals surface area (Å²) in [5, 5.41) is 1.17. The molecule has 0 saturated carbocycles. The summed E-state index contributed by atoms with van der Waals surface area (Å²) >= 11 is 8.44. The molecular formula is C22H32ClN3O2S. The second-order valence-electron chi connectivity index (χ2n) is 9.35. The van der Waals surface area contributed by atoms with Crippen LogP contribution in [0.15, 0.2) is 23.1 Å². The Morgan fingerprint density at radius 3 is 2.72 bits per heavy atom. The Morgan fingerprint density at radius 1 is 1.14 bits per heavy atom. The summed E-state index contributed by atoms with van der Waals surface area (Å²) in [6.07, 6.45) is 3.39. The number of thioether (sulfide) groups is 1. The standard InChI is InChI=1S/C22H32ClN3O2S/c1-22(2,3)28-21(27)26-10-8-18(15-26)29-20-7-6-16(13-19(20)23)25-12-11-24-9-4-5-17(24)14-25/h6-7,13,17-18H,4-5,8-12,14-15H2,1-3H3. The van der Waals surface area contributed by atoms with E-state index in [1.165, 1.54) is 25.1 Å². The number of piperazine rings is 1. The van der Waals surface area contributed by atoms with Gasteiger partial charge >= 0.3 is 6.09 Å². The molecule has 0 spiro atoms. The van der Waals surface area contributed by atoms with Crippen molar-refractivity contribution in [2.45, 2.75) is 61.8 Å². The molecule has 1 amide bonds. The molecule has 0 N–H and O–H groups in total. The summed E-state index contributed by atoms with van der Waals surface area (Å²) in [5.74, 6) is 0. The third-order valence-electron chi connectivity index (χ3n) is 5.96. The number of hydrogen-bond donors (Lipinski definition) is 0. The summed E-state index contributed by atoms with van der Waals surface area (Å²) in [6.45, 7) is 11.8. The van der Waals surface area contributed by atoms with Gasteiger partial charge in [0.05, 0.1) is 5.02 Å². The Morgan fingerprint density at radius 2 is 1.97 bits per heavy atom. The zero-order valence-electron chi connectivity index (χ0n) is 17.7. The molecule has 7 heteroatoms. The lowest BCUT2D eigenvalue weighted by Crippen LogP contribution is -2.50. The zero-order valence-corrected chi connectivity index (χ0v) is 19.3. The summed E-state index contributed by atoms with van der Waals surface area (Å²) in [6, 6.07) is 7.18. The van der Waals surface area contributed by atoms with Crippen LogP contribution in [0.2, 0.25) is 5.02 Å². The fraction of sp³-hybridized carbons (Fsp3) is 0.682. The highest BCUT2D eigenvalue weighted by Crippen LogP contribution is 2.37. The van der Waals surface area contributed by atoms with Crippen molar-refractivity contribution in [1.82, 2.24) is 9.80 Å². The summed E-state index contributed by atoms with van der Waals surface area (Å²) in [7, 11) is 0. The molecule has 1 aromatic carbocycles. The van der Waals surface area contributed by atoms with Gasteiger partial charge in [-0.05, 0) is 64.8 Å². The van der Waals surface area contributed by atoms with Gasteiger partial charge in [-0.2, -0.15) is 0 Å². The van der Waals surface area contributed by atoms with E-state index in [1.54, 1.807) is 11.8 Å². The van der Waals surface area contributed by atoms with Crippen LogP contribution in [0.3, 0.4) is 0 Å². The van der Waals surface area contributed by atoms with Crippen molar-refractivity contribution in [2.24, 2.45) is 0 Å². The first-order valence-electron chi connectivity index (χ1n) is 10.7. The average molecular weight is 438 g/mol. The van der Waals surface area contributed by atoms with Crippen LogP contribution >= 0.6 is 23.4 Å². The van der Waals surface area contributed by atoms with E-state index in [2.05, 4.69) is 28.0 Å². The lowest BCUT2D eigenvalue weighted by atomic mass is 10.1. The summed E-state index contributed by atoms with van der Waals surface area (Å²) in [5.41, 5.74) is 0.776. The van der Waals surface area contributed by atoms with Gasteiger partial charge in [-0.15, -0.1) is 11.8 Å². The smallest absolute Gasteiger partial charge is 0.410 e. The van der Waals surface area contributed by atoms with Gasteiger partial charge in [-0.25, -0.2) is 4.79 Å². The minimum Gasteiger partial charge on any atom is -0.444 e. The maximum atomic E-state index is 12.3. The molecule has 0 aromatic heterocycles. The minimum atomic E-state index is -0.453. The van der Waals surface area contributed by atoms with Gasteiger partial charge < -0.3 is 14.5 Å². The molecule has 2 atom stereocenters. The lowest BCUT2D eigenvalue weighted by molar-refractivity contribution is 0.0295. The van der Waals surface area contributed by atoms with Crippen LogP contribution in [-0.2, 0) is 4.74 Å². The van der Waals surface area contributed by atoms with Crippen molar-refractivity contribution in [3.8, 4) is 0 Å². The lowest BCUT2D eigenvalue weighted by Gasteiger charge is -2.39. The number of amides is 1. The number of rotatable bonds is 3. The van der Waals surface area contributed by atoms with Crippen molar-refractivity contribution in [3.63, 3.8) is 0 Å². The van der Waals surface area contributed by atoms with E-state index in [1.807, 2.05) is 25.7 Å². The molecule has 5 nitrogen and oxygen atoms in total. The number of carbonyl (C=O) groups excluding carboxylic acids is 1. The number of ether oxygens (including phenoxy) is 1. The molecule has 1 aromatic rings. The van der Waals surface area contributed by atoms with Crippen LogP contribution in [0.4, 0.5) is 10.5 Å². The van der Waals surface area contributed by atoms with E-state index in [-0.39, 0.29) is 6.09 Å². The predicted molar refractivity (Wildman–Crippen MR) is 120 cm³/mol. The van der Waals surface area contributed by atoms with Crippen molar-refractivity contribution >= 4 is 35.1 Å². The monoisotopic (exact) mass is 437 g/mol. The highest BCUT2D eigenvalue weighted by Gasteiger charge is 2.32. The first-order valence-corrected chi connectivity index (χ1v) is 12.0. The number of fused-ring (bicyclic) bond motifs is 1. The van der Waals surface area contributed by atoms with Gasteiger partial charge in [0.2, 0.25) is 0 Å². The first kappa shape index (κ1) is 21.1. The van der Waals surface area contributed by atoms with E-state index < -0.39 is 5.60 Å². The third-order valence-corrected chi connectivity index (χ3v) is 7.71. The van der Waals surface area contributed by atoms with Crippen LogP contribution in [0.5, 0.6) is 0 Å². The molecule has 3 saturated heterocycles. The quantitative estimate of drug-likeness (QED) is 0.683. The number of carbonyl (C=O) groups is 1. The molecule has 0 aliphatic carbocycles. The molecule has 2 unspecified atom stereocenters. The van der Waals surface area contributed by atoms with E-state index in [4.69, 9.17) is 16.3 Å². The molecule has 160 valence electrons. The molecule has 29 heavy (non-hydrogen) atoms. The normalized spacial score (nSPS) is 25.4. The van der Waals surface area contributed by atoms with Crippen molar-refractivity contribution in [2.75, 3.05) is 44.2 Å². The van der Waals surface area contributed by atoms with E-state index in [0.717, 1.165) is 42.5 Å². The van der Waals surface area contributed by atoms with E-state index in [0.29, 0.717) is 17.8 Å². The molecular weight excluding hydrogens is 406 g/mol. The third kappa shape index (κ3) is 5.15.